The minimum absolute atomic E-state index is 0.0978. The van der Waals surface area contributed by atoms with E-state index < -0.39 is 6.10 Å². The first-order valence-corrected chi connectivity index (χ1v) is 10.2. The van der Waals surface area contributed by atoms with Crippen LogP contribution in [0.4, 0.5) is 5.00 Å². The molecule has 3 aromatic rings. The quantitative estimate of drug-likeness (QED) is 0.530. The lowest BCUT2D eigenvalue weighted by molar-refractivity contribution is 0.0919. The molecular weight excluding hydrogens is 408 g/mol. The van der Waals surface area contributed by atoms with E-state index in [1.165, 1.54) is 11.3 Å². The summed E-state index contributed by atoms with van der Waals surface area (Å²) in [5.41, 5.74) is 2.95. The fraction of sp³-hybridized carbons (Fsp3) is 0.182. The van der Waals surface area contributed by atoms with E-state index in [0.717, 1.165) is 16.7 Å². The molecule has 2 amide bonds. The van der Waals surface area contributed by atoms with Crippen LogP contribution < -0.4 is 10.6 Å². The van der Waals surface area contributed by atoms with Gasteiger partial charge in [0, 0.05) is 6.54 Å². The standard InChI is InChI=1S/C22H21ClN2O3S/c1-13-7-9-15(10-8-13)18(26)12-24-22(28)20-14(2)11-19(29-20)25-21(27)16-5-3-4-6-17(16)23/h3-11,18,26H,12H2,1-2H3,(H,24,28)(H,25,27). The lowest BCUT2D eigenvalue weighted by Gasteiger charge is -2.12. The minimum atomic E-state index is -0.792. The number of nitrogens with one attached hydrogen (secondary N) is 2. The first-order valence-electron chi connectivity index (χ1n) is 9.04. The highest BCUT2D eigenvalue weighted by Crippen LogP contribution is 2.28. The summed E-state index contributed by atoms with van der Waals surface area (Å²) in [6.07, 6.45) is -0.792. The maximum atomic E-state index is 12.5. The third-order valence-corrected chi connectivity index (χ3v) is 5.88. The van der Waals surface area contributed by atoms with Crippen LogP contribution in [0.5, 0.6) is 0 Å². The van der Waals surface area contributed by atoms with Crippen LogP contribution in [-0.4, -0.2) is 23.5 Å². The molecule has 3 rings (SSSR count). The first-order chi connectivity index (χ1) is 13.8. The molecule has 150 valence electrons. The van der Waals surface area contributed by atoms with E-state index in [2.05, 4.69) is 10.6 Å². The molecule has 1 atom stereocenters. The van der Waals surface area contributed by atoms with Gasteiger partial charge in [0.05, 0.1) is 26.6 Å². The van der Waals surface area contributed by atoms with Gasteiger partial charge in [0.15, 0.2) is 0 Å². The average Bonchev–Trinajstić information content (AvgIpc) is 3.06. The van der Waals surface area contributed by atoms with Gasteiger partial charge in [0.25, 0.3) is 11.8 Å². The summed E-state index contributed by atoms with van der Waals surface area (Å²) in [5, 5.41) is 16.7. The fourth-order valence-electron chi connectivity index (χ4n) is 2.77. The lowest BCUT2D eigenvalue weighted by Crippen LogP contribution is -2.28. The van der Waals surface area contributed by atoms with Gasteiger partial charge < -0.3 is 15.7 Å². The summed E-state index contributed by atoms with van der Waals surface area (Å²) in [6, 6.07) is 16.0. The van der Waals surface area contributed by atoms with Gasteiger partial charge in [-0.1, -0.05) is 53.6 Å². The van der Waals surface area contributed by atoms with Crippen molar-refractivity contribution in [2.45, 2.75) is 20.0 Å². The predicted molar refractivity (Wildman–Crippen MR) is 117 cm³/mol. The molecule has 3 N–H and O–H groups in total. The number of aliphatic hydroxyl groups excluding tert-OH is 1. The van der Waals surface area contributed by atoms with Crippen molar-refractivity contribution in [3.05, 3.63) is 86.8 Å². The number of carbonyl (C=O) groups excluding carboxylic acids is 2. The molecule has 0 radical (unpaired) electrons. The third kappa shape index (κ3) is 5.23. The van der Waals surface area contributed by atoms with E-state index >= 15 is 0 Å². The SMILES string of the molecule is Cc1ccc(C(O)CNC(=O)c2sc(NC(=O)c3ccccc3Cl)cc2C)cc1. The number of anilines is 1. The molecule has 1 unspecified atom stereocenters. The van der Waals surface area contributed by atoms with Crippen LogP contribution in [0.25, 0.3) is 0 Å². The summed E-state index contributed by atoms with van der Waals surface area (Å²) in [5.74, 6) is -0.629. The number of aliphatic hydroxyl groups is 1. The molecule has 0 aliphatic carbocycles. The Labute approximate surface area is 178 Å². The van der Waals surface area contributed by atoms with Crippen molar-refractivity contribution in [2.24, 2.45) is 0 Å². The van der Waals surface area contributed by atoms with Gasteiger partial charge in [-0.15, -0.1) is 11.3 Å². The monoisotopic (exact) mass is 428 g/mol. The zero-order chi connectivity index (χ0) is 21.0. The zero-order valence-electron chi connectivity index (χ0n) is 16.0. The van der Waals surface area contributed by atoms with E-state index in [0.29, 0.717) is 20.5 Å². The minimum Gasteiger partial charge on any atom is -0.387 e. The lowest BCUT2D eigenvalue weighted by atomic mass is 10.1. The fourth-order valence-corrected chi connectivity index (χ4v) is 3.98. The van der Waals surface area contributed by atoms with Gasteiger partial charge >= 0.3 is 0 Å². The largest absolute Gasteiger partial charge is 0.387 e. The maximum Gasteiger partial charge on any atom is 0.261 e. The van der Waals surface area contributed by atoms with Crippen LogP contribution in [0.2, 0.25) is 5.02 Å². The Hall–Kier alpha value is -2.67. The van der Waals surface area contributed by atoms with Crippen molar-refractivity contribution in [3.8, 4) is 0 Å². The van der Waals surface area contributed by atoms with Crippen molar-refractivity contribution in [1.82, 2.24) is 5.32 Å². The van der Waals surface area contributed by atoms with Gasteiger partial charge in [-0.25, -0.2) is 0 Å². The molecule has 0 fully saturated rings. The Morgan fingerprint density at radius 1 is 1.07 bits per heavy atom. The molecule has 5 nitrogen and oxygen atoms in total. The van der Waals surface area contributed by atoms with Crippen molar-refractivity contribution in [3.63, 3.8) is 0 Å². The molecule has 1 heterocycles. The second-order valence-electron chi connectivity index (χ2n) is 6.69. The summed E-state index contributed by atoms with van der Waals surface area (Å²) < 4.78 is 0. The molecule has 0 aliphatic heterocycles. The van der Waals surface area contributed by atoms with E-state index in [-0.39, 0.29) is 18.4 Å². The van der Waals surface area contributed by atoms with E-state index in [9.17, 15) is 14.7 Å². The first kappa shape index (κ1) is 21.0. The van der Waals surface area contributed by atoms with Crippen molar-refractivity contribution in [1.29, 1.82) is 0 Å². The van der Waals surface area contributed by atoms with Crippen molar-refractivity contribution >= 4 is 39.8 Å². The van der Waals surface area contributed by atoms with Gasteiger partial charge in [-0.3, -0.25) is 9.59 Å². The highest BCUT2D eigenvalue weighted by molar-refractivity contribution is 7.18. The molecule has 0 saturated heterocycles. The van der Waals surface area contributed by atoms with E-state index in [4.69, 9.17) is 11.6 Å². The predicted octanol–water partition coefficient (Wildman–Crippen LogP) is 4.73. The zero-order valence-corrected chi connectivity index (χ0v) is 17.6. The molecule has 1 aromatic heterocycles. The number of hydrogen-bond donors (Lipinski definition) is 3. The second-order valence-corrected chi connectivity index (χ2v) is 8.15. The molecule has 0 saturated carbocycles. The van der Waals surface area contributed by atoms with Crippen LogP contribution in [-0.2, 0) is 0 Å². The molecule has 29 heavy (non-hydrogen) atoms. The number of amides is 2. The van der Waals surface area contributed by atoms with Gasteiger partial charge in [0.1, 0.15) is 0 Å². The molecule has 7 heteroatoms. The Kier molecular flexibility index (Phi) is 6.69. The topological polar surface area (TPSA) is 78.4 Å². The highest BCUT2D eigenvalue weighted by Gasteiger charge is 2.17. The Morgan fingerprint density at radius 3 is 2.45 bits per heavy atom. The molecule has 0 aliphatic rings. The van der Waals surface area contributed by atoms with Gasteiger partial charge in [-0.2, -0.15) is 0 Å². The summed E-state index contributed by atoms with van der Waals surface area (Å²) >= 11 is 7.23. The summed E-state index contributed by atoms with van der Waals surface area (Å²) in [7, 11) is 0. The highest BCUT2D eigenvalue weighted by atomic mass is 35.5. The van der Waals surface area contributed by atoms with Crippen LogP contribution >= 0.6 is 22.9 Å². The molecule has 0 bridgehead atoms. The van der Waals surface area contributed by atoms with E-state index in [1.54, 1.807) is 37.3 Å². The van der Waals surface area contributed by atoms with Crippen molar-refractivity contribution in [2.75, 3.05) is 11.9 Å². The van der Waals surface area contributed by atoms with Crippen LogP contribution in [0.1, 0.15) is 42.8 Å². The van der Waals surface area contributed by atoms with Crippen LogP contribution in [0, 0.1) is 13.8 Å². The summed E-state index contributed by atoms with van der Waals surface area (Å²) in [4.78, 5) is 25.4. The number of hydrogen-bond acceptors (Lipinski definition) is 4. The maximum absolute atomic E-state index is 12.5. The van der Waals surface area contributed by atoms with Gasteiger partial charge in [0.2, 0.25) is 0 Å². The Balaban J connectivity index is 1.63. The third-order valence-electron chi connectivity index (χ3n) is 4.40. The summed E-state index contributed by atoms with van der Waals surface area (Å²) in [6.45, 7) is 3.87. The van der Waals surface area contributed by atoms with Crippen LogP contribution in [0.3, 0.4) is 0 Å². The normalized spacial score (nSPS) is 11.7. The van der Waals surface area contributed by atoms with Crippen LogP contribution in [0.15, 0.2) is 54.6 Å². The number of halogens is 1. The molecule has 2 aromatic carbocycles. The van der Waals surface area contributed by atoms with Crippen molar-refractivity contribution < 1.29 is 14.7 Å². The number of rotatable bonds is 6. The average molecular weight is 429 g/mol. The number of benzene rings is 2. The number of carbonyl (C=O) groups is 2. The number of thiophene rings is 1. The second kappa shape index (κ2) is 9.22. The number of aryl methyl sites for hydroxylation is 2. The molecule has 0 spiro atoms. The van der Waals surface area contributed by atoms with E-state index in [1.807, 2.05) is 31.2 Å². The van der Waals surface area contributed by atoms with Gasteiger partial charge in [-0.05, 0) is 43.2 Å². The molecular formula is C22H21ClN2O3S. The Morgan fingerprint density at radius 2 is 1.76 bits per heavy atom. The Bertz CT molecular complexity index is 1030. The smallest absolute Gasteiger partial charge is 0.261 e.